The number of allylic oxidation sites excluding steroid dienone is 1. The van der Waals surface area contributed by atoms with Crippen molar-refractivity contribution in [2.45, 2.75) is 38.7 Å². The van der Waals surface area contributed by atoms with Crippen LogP contribution in [0.2, 0.25) is 0 Å². The van der Waals surface area contributed by atoms with Crippen LogP contribution in [-0.2, 0) is 19.1 Å². The Labute approximate surface area is 107 Å². The molecule has 0 N–H and O–H groups in total. The van der Waals surface area contributed by atoms with Crippen LogP contribution < -0.4 is 0 Å². The standard InChI is InChI=1S/C14H20O4/c1-3-18-13-7-9-5-4-6-12(15)10(9)8-11(13)14(16)17-2/h8-9,11,13H,3-7H2,1-2H3. The van der Waals surface area contributed by atoms with E-state index in [2.05, 4.69) is 0 Å². The molecule has 2 aliphatic carbocycles. The SMILES string of the molecule is CCOC1CC2CCCC(=O)C2=CC1C(=O)OC. The highest BCUT2D eigenvalue weighted by Gasteiger charge is 2.39. The molecule has 0 aromatic carbocycles. The Morgan fingerprint density at radius 3 is 2.94 bits per heavy atom. The van der Waals surface area contributed by atoms with E-state index >= 15 is 0 Å². The van der Waals surface area contributed by atoms with Gasteiger partial charge < -0.3 is 9.47 Å². The minimum absolute atomic E-state index is 0.151. The van der Waals surface area contributed by atoms with Gasteiger partial charge in [-0.25, -0.2) is 0 Å². The molecular formula is C14H20O4. The van der Waals surface area contributed by atoms with Crippen LogP contribution in [0.25, 0.3) is 0 Å². The van der Waals surface area contributed by atoms with Crippen molar-refractivity contribution in [2.24, 2.45) is 11.8 Å². The number of ketones is 1. The molecule has 1 saturated carbocycles. The fourth-order valence-corrected chi connectivity index (χ4v) is 2.98. The van der Waals surface area contributed by atoms with Crippen molar-refractivity contribution < 1.29 is 19.1 Å². The first-order valence-corrected chi connectivity index (χ1v) is 6.61. The van der Waals surface area contributed by atoms with Crippen molar-refractivity contribution in [3.63, 3.8) is 0 Å². The van der Waals surface area contributed by atoms with E-state index in [1.165, 1.54) is 7.11 Å². The average Bonchev–Trinajstić information content (AvgIpc) is 2.38. The lowest BCUT2D eigenvalue weighted by atomic mass is 9.73. The molecule has 4 nitrogen and oxygen atoms in total. The molecule has 0 heterocycles. The van der Waals surface area contributed by atoms with Crippen LogP contribution in [0.5, 0.6) is 0 Å². The highest BCUT2D eigenvalue weighted by molar-refractivity contribution is 5.97. The summed E-state index contributed by atoms with van der Waals surface area (Å²) in [4.78, 5) is 23.7. The Balaban J connectivity index is 2.25. The van der Waals surface area contributed by atoms with Gasteiger partial charge in [-0.2, -0.15) is 0 Å². The molecule has 100 valence electrons. The highest BCUT2D eigenvalue weighted by Crippen LogP contribution is 2.38. The number of methoxy groups -OCH3 is 1. The van der Waals surface area contributed by atoms with Crippen molar-refractivity contribution in [1.29, 1.82) is 0 Å². The van der Waals surface area contributed by atoms with E-state index < -0.39 is 5.92 Å². The number of fused-ring (bicyclic) bond motifs is 1. The van der Waals surface area contributed by atoms with Gasteiger partial charge in [0.05, 0.1) is 13.2 Å². The van der Waals surface area contributed by atoms with Crippen LogP contribution in [0.4, 0.5) is 0 Å². The molecule has 18 heavy (non-hydrogen) atoms. The van der Waals surface area contributed by atoms with Crippen LogP contribution in [0, 0.1) is 11.8 Å². The number of carbonyl (C=O) groups is 2. The van der Waals surface area contributed by atoms with Crippen molar-refractivity contribution in [3.05, 3.63) is 11.6 Å². The summed E-state index contributed by atoms with van der Waals surface area (Å²) < 4.78 is 10.5. The fourth-order valence-electron chi connectivity index (χ4n) is 2.98. The van der Waals surface area contributed by atoms with Gasteiger partial charge >= 0.3 is 5.97 Å². The van der Waals surface area contributed by atoms with Gasteiger partial charge in [0.1, 0.15) is 5.92 Å². The van der Waals surface area contributed by atoms with Crippen LogP contribution in [-0.4, -0.2) is 31.6 Å². The topological polar surface area (TPSA) is 52.6 Å². The number of rotatable bonds is 3. The molecule has 0 spiro atoms. The number of hydrogen-bond donors (Lipinski definition) is 0. The molecule has 0 aromatic heterocycles. The lowest BCUT2D eigenvalue weighted by molar-refractivity contribution is -0.149. The van der Waals surface area contributed by atoms with Gasteiger partial charge in [0, 0.05) is 13.0 Å². The summed E-state index contributed by atoms with van der Waals surface area (Å²) in [5.74, 6) is -0.278. The Bertz CT molecular complexity index is 372. The summed E-state index contributed by atoms with van der Waals surface area (Å²) >= 11 is 0. The Hall–Kier alpha value is -1.16. The van der Waals surface area contributed by atoms with Crippen LogP contribution in [0.3, 0.4) is 0 Å². The van der Waals surface area contributed by atoms with Crippen molar-refractivity contribution in [1.82, 2.24) is 0 Å². The van der Waals surface area contributed by atoms with E-state index in [1.54, 1.807) is 6.08 Å². The fraction of sp³-hybridized carbons (Fsp3) is 0.714. The van der Waals surface area contributed by atoms with Gasteiger partial charge in [0.15, 0.2) is 5.78 Å². The van der Waals surface area contributed by atoms with Gasteiger partial charge in [-0.15, -0.1) is 0 Å². The van der Waals surface area contributed by atoms with E-state index in [4.69, 9.17) is 9.47 Å². The maximum atomic E-state index is 11.9. The number of carbonyl (C=O) groups excluding carboxylic acids is 2. The Morgan fingerprint density at radius 2 is 2.28 bits per heavy atom. The first kappa shape index (κ1) is 13.3. The molecule has 2 rings (SSSR count). The summed E-state index contributed by atoms with van der Waals surface area (Å²) in [6.07, 6.45) is 4.97. The number of hydrogen-bond acceptors (Lipinski definition) is 4. The van der Waals surface area contributed by atoms with Crippen LogP contribution in [0.1, 0.15) is 32.6 Å². The number of Topliss-reactive ketones (excluding diaryl/α,β-unsaturated/α-hetero) is 1. The number of esters is 1. The zero-order chi connectivity index (χ0) is 13.1. The van der Waals surface area contributed by atoms with E-state index in [0.717, 1.165) is 24.8 Å². The summed E-state index contributed by atoms with van der Waals surface area (Å²) in [5.41, 5.74) is 0.826. The van der Waals surface area contributed by atoms with Gasteiger partial charge in [-0.1, -0.05) is 6.08 Å². The lowest BCUT2D eigenvalue weighted by Gasteiger charge is -2.35. The van der Waals surface area contributed by atoms with E-state index in [0.29, 0.717) is 13.0 Å². The van der Waals surface area contributed by atoms with Crippen LogP contribution >= 0.6 is 0 Å². The summed E-state index contributed by atoms with van der Waals surface area (Å²) in [6.45, 7) is 2.49. The number of ether oxygens (including phenoxy) is 2. The molecule has 0 bridgehead atoms. The molecule has 0 saturated heterocycles. The minimum Gasteiger partial charge on any atom is -0.468 e. The van der Waals surface area contributed by atoms with Crippen molar-refractivity contribution in [3.8, 4) is 0 Å². The summed E-state index contributed by atoms with van der Waals surface area (Å²) in [6, 6.07) is 0. The largest absolute Gasteiger partial charge is 0.468 e. The second-order valence-corrected chi connectivity index (χ2v) is 4.91. The highest BCUT2D eigenvalue weighted by atomic mass is 16.5. The second kappa shape index (κ2) is 5.65. The summed E-state index contributed by atoms with van der Waals surface area (Å²) in [5, 5.41) is 0. The first-order valence-electron chi connectivity index (χ1n) is 6.61. The summed E-state index contributed by atoms with van der Waals surface area (Å²) in [7, 11) is 1.37. The molecule has 0 aliphatic heterocycles. The maximum Gasteiger partial charge on any atom is 0.315 e. The van der Waals surface area contributed by atoms with Gasteiger partial charge in [-0.3, -0.25) is 9.59 Å². The normalized spacial score (nSPS) is 31.6. The quantitative estimate of drug-likeness (QED) is 0.720. The van der Waals surface area contributed by atoms with Crippen LogP contribution in [0.15, 0.2) is 11.6 Å². The minimum atomic E-state index is -0.428. The monoisotopic (exact) mass is 252 g/mol. The van der Waals surface area contributed by atoms with Gasteiger partial charge in [-0.05, 0) is 37.7 Å². The zero-order valence-electron chi connectivity index (χ0n) is 11.0. The predicted molar refractivity (Wildman–Crippen MR) is 66.0 cm³/mol. The first-order chi connectivity index (χ1) is 8.67. The van der Waals surface area contributed by atoms with Crippen molar-refractivity contribution in [2.75, 3.05) is 13.7 Å². The zero-order valence-corrected chi connectivity index (χ0v) is 11.0. The Kier molecular flexibility index (Phi) is 4.17. The second-order valence-electron chi connectivity index (χ2n) is 4.91. The van der Waals surface area contributed by atoms with Crippen molar-refractivity contribution >= 4 is 11.8 Å². The molecule has 1 fully saturated rings. The predicted octanol–water partition coefficient (Wildman–Crippen LogP) is 1.88. The molecule has 3 atom stereocenters. The Morgan fingerprint density at radius 1 is 1.50 bits per heavy atom. The third kappa shape index (κ3) is 2.48. The molecule has 3 unspecified atom stereocenters. The van der Waals surface area contributed by atoms with Gasteiger partial charge in [0.2, 0.25) is 0 Å². The third-order valence-electron chi connectivity index (χ3n) is 3.85. The molecule has 0 amide bonds. The molecule has 0 aromatic rings. The molecule has 2 aliphatic rings. The third-order valence-corrected chi connectivity index (χ3v) is 3.85. The molecule has 4 heteroatoms. The maximum absolute atomic E-state index is 11.9. The molecular weight excluding hydrogens is 232 g/mol. The van der Waals surface area contributed by atoms with E-state index in [-0.39, 0.29) is 23.8 Å². The van der Waals surface area contributed by atoms with E-state index in [9.17, 15) is 9.59 Å². The average molecular weight is 252 g/mol. The lowest BCUT2D eigenvalue weighted by Crippen LogP contribution is -2.38. The smallest absolute Gasteiger partial charge is 0.315 e. The van der Waals surface area contributed by atoms with E-state index in [1.807, 2.05) is 6.92 Å². The van der Waals surface area contributed by atoms with Gasteiger partial charge in [0.25, 0.3) is 0 Å². The molecule has 0 radical (unpaired) electrons.